The molecule has 16 heavy (non-hydrogen) atoms. The number of esters is 2. The van der Waals surface area contributed by atoms with Crippen LogP contribution in [-0.2, 0) is 35.5 Å². The number of aliphatic hydroxyl groups excluding tert-OH is 1. The molecule has 0 amide bonds. The SMILES string of the molecule is COC(=O)CC(O)C(=O)OC.N.N.[Cl][Pt][Cl]. The van der Waals surface area contributed by atoms with E-state index in [2.05, 4.69) is 9.47 Å². The third-order valence-electron chi connectivity index (χ3n) is 1.06. The molecule has 1 unspecified atom stereocenters. The predicted molar refractivity (Wildman–Crippen MR) is 56.4 cm³/mol. The number of methoxy groups -OCH3 is 2. The summed E-state index contributed by atoms with van der Waals surface area (Å²) in [6.07, 6.45) is -1.80. The van der Waals surface area contributed by atoms with Gasteiger partial charge in [-0.2, -0.15) is 0 Å². The van der Waals surface area contributed by atoms with Gasteiger partial charge in [0.05, 0.1) is 20.6 Å². The molecule has 0 fully saturated rings. The molecule has 0 aromatic heterocycles. The fourth-order valence-corrected chi connectivity index (χ4v) is 0.461. The van der Waals surface area contributed by atoms with Crippen molar-refractivity contribution in [3.05, 3.63) is 0 Å². The van der Waals surface area contributed by atoms with Crippen molar-refractivity contribution in [2.75, 3.05) is 14.2 Å². The predicted octanol–water partition coefficient (Wildman–Crippen LogP) is 0.784. The second-order valence-corrected chi connectivity index (χ2v) is 5.15. The van der Waals surface area contributed by atoms with Crippen LogP contribution in [0, 0.1) is 0 Å². The number of carbonyl (C=O) groups excluding carboxylic acids is 2. The third-order valence-corrected chi connectivity index (χ3v) is 1.06. The Morgan fingerprint density at radius 2 is 1.62 bits per heavy atom. The minimum atomic E-state index is -1.42. The number of halogens is 2. The van der Waals surface area contributed by atoms with Gasteiger partial charge in [0.15, 0.2) is 6.10 Å². The average molecular weight is 462 g/mol. The van der Waals surface area contributed by atoms with Crippen molar-refractivity contribution in [1.82, 2.24) is 12.3 Å². The Morgan fingerprint density at radius 1 is 1.25 bits per heavy atom. The van der Waals surface area contributed by atoms with E-state index in [1.54, 1.807) is 0 Å². The Hall–Kier alpha value is 0.0883. The summed E-state index contributed by atoms with van der Waals surface area (Å²) in [5.41, 5.74) is 0. The Labute approximate surface area is 110 Å². The Bertz CT molecular complexity index is 186. The summed E-state index contributed by atoms with van der Waals surface area (Å²) < 4.78 is 8.37. The molecule has 0 heterocycles. The van der Waals surface area contributed by atoms with Crippen LogP contribution in [0.3, 0.4) is 0 Å². The van der Waals surface area contributed by atoms with Crippen LogP contribution in [0.25, 0.3) is 0 Å². The van der Waals surface area contributed by atoms with E-state index >= 15 is 0 Å². The van der Waals surface area contributed by atoms with Crippen molar-refractivity contribution in [1.29, 1.82) is 0 Å². The second kappa shape index (κ2) is 17.5. The van der Waals surface area contributed by atoms with E-state index in [1.165, 1.54) is 7.11 Å². The van der Waals surface area contributed by atoms with Gasteiger partial charge in [-0.1, -0.05) is 0 Å². The quantitative estimate of drug-likeness (QED) is 0.527. The maximum atomic E-state index is 10.5. The summed E-state index contributed by atoms with van der Waals surface area (Å²) in [7, 11) is 12.1. The monoisotopic (exact) mass is 461 g/mol. The first-order chi connectivity index (χ1) is 6.53. The van der Waals surface area contributed by atoms with E-state index < -0.39 is 34.5 Å². The summed E-state index contributed by atoms with van der Waals surface area (Å²) in [6, 6.07) is 0. The molecule has 0 rings (SSSR count). The van der Waals surface area contributed by atoms with Crippen molar-refractivity contribution < 1.29 is 40.7 Å². The van der Waals surface area contributed by atoms with Crippen LogP contribution in [0.15, 0.2) is 0 Å². The molecule has 1 atom stereocenters. The molecule has 7 N–H and O–H groups in total. The molecule has 0 aromatic rings. The van der Waals surface area contributed by atoms with E-state index in [0.717, 1.165) is 7.11 Å². The summed E-state index contributed by atoms with van der Waals surface area (Å²) in [5.74, 6) is -1.49. The molecule has 0 radical (unpaired) electrons. The molecule has 0 saturated heterocycles. The molecular formula is C6H16Cl2N2O5Pt. The van der Waals surface area contributed by atoms with Gasteiger partial charge in [-0.25, -0.2) is 4.79 Å². The number of rotatable bonds is 3. The van der Waals surface area contributed by atoms with Gasteiger partial charge in [0.2, 0.25) is 0 Å². The molecule has 10 heteroatoms. The normalized spacial score (nSPS) is 9.56. The minimum absolute atomic E-state index is 0. The van der Waals surface area contributed by atoms with Crippen molar-refractivity contribution in [3.63, 3.8) is 0 Å². The molecule has 0 bridgehead atoms. The van der Waals surface area contributed by atoms with E-state index in [9.17, 15) is 9.59 Å². The average Bonchev–Trinajstić information content (AvgIpc) is 2.17. The van der Waals surface area contributed by atoms with Gasteiger partial charge in [-0.3, -0.25) is 4.79 Å². The van der Waals surface area contributed by atoms with Crippen LogP contribution in [0.2, 0.25) is 0 Å². The summed E-state index contributed by atoms with van der Waals surface area (Å²) in [6.45, 7) is 0. The summed E-state index contributed by atoms with van der Waals surface area (Å²) in [5, 5.41) is 8.84. The van der Waals surface area contributed by atoms with Crippen molar-refractivity contribution in [3.8, 4) is 0 Å². The second-order valence-electron chi connectivity index (χ2n) is 1.86. The number of ether oxygens (including phenoxy) is 2. The first-order valence-electron chi connectivity index (χ1n) is 3.18. The molecular weight excluding hydrogens is 446 g/mol. The number of aliphatic hydroxyl groups is 1. The van der Waals surface area contributed by atoms with Gasteiger partial charge < -0.3 is 26.9 Å². The van der Waals surface area contributed by atoms with Crippen LogP contribution in [0.4, 0.5) is 0 Å². The van der Waals surface area contributed by atoms with Gasteiger partial charge in [0, 0.05) is 0 Å². The topological polar surface area (TPSA) is 143 Å². The number of hydrogen-bond donors (Lipinski definition) is 3. The van der Waals surface area contributed by atoms with Gasteiger partial charge in [0.25, 0.3) is 0 Å². The zero-order valence-corrected chi connectivity index (χ0v) is 12.6. The molecule has 0 aliphatic rings. The van der Waals surface area contributed by atoms with E-state index in [4.69, 9.17) is 23.9 Å². The Morgan fingerprint density at radius 3 is 1.88 bits per heavy atom. The number of carbonyl (C=O) groups is 2. The van der Waals surface area contributed by atoms with Crippen LogP contribution in [0.5, 0.6) is 0 Å². The molecule has 104 valence electrons. The van der Waals surface area contributed by atoms with Gasteiger partial charge in [-0.05, 0) is 0 Å². The molecule has 0 aromatic carbocycles. The van der Waals surface area contributed by atoms with E-state index in [0.29, 0.717) is 0 Å². The molecule has 0 aliphatic heterocycles. The zero-order chi connectivity index (χ0) is 11.6. The van der Waals surface area contributed by atoms with Gasteiger partial charge >= 0.3 is 47.3 Å². The molecule has 0 spiro atoms. The summed E-state index contributed by atoms with van der Waals surface area (Å²) in [4.78, 5) is 20.9. The first-order valence-corrected chi connectivity index (χ1v) is 8.81. The molecule has 7 nitrogen and oxygen atoms in total. The van der Waals surface area contributed by atoms with Crippen molar-refractivity contribution in [2.24, 2.45) is 0 Å². The standard InChI is InChI=1S/C6H10O5.2ClH.2H3N.Pt/c1-10-5(8)3-4(7)6(9)11-2;;;;;/h4,7H,3H2,1-2H3;2*1H;2*1H3;/q;;;;;+2/p-2. The van der Waals surface area contributed by atoms with Crippen molar-refractivity contribution >= 4 is 30.8 Å². The fraction of sp³-hybridized carbons (Fsp3) is 0.667. The fourth-order valence-electron chi connectivity index (χ4n) is 0.461. The van der Waals surface area contributed by atoms with Crippen LogP contribution in [-0.4, -0.2) is 37.4 Å². The van der Waals surface area contributed by atoms with Crippen LogP contribution in [0.1, 0.15) is 6.42 Å². The van der Waals surface area contributed by atoms with Crippen LogP contribution >= 0.6 is 18.8 Å². The van der Waals surface area contributed by atoms with Gasteiger partial charge in [0.1, 0.15) is 0 Å². The van der Waals surface area contributed by atoms with Crippen LogP contribution < -0.4 is 12.3 Å². The van der Waals surface area contributed by atoms with Crippen molar-refractivity contribution in [2.45, 2.75) is 12.5 Å². The van der Waals surface area contributed by atoms with E-state index in [1.807, 2.05) is 0 Å². The summed E-state index contributed by atoms with van der Waals surface area (Å²) >= 11 is -0.472. The molecule has 0 aliphatic carbocycles. The maximum absolute atomic E-state index is 10.5. The Kier molecular flexibility index (Phi) is 27.4. The van der Waals surface area contributed by atoms with Gasteiger partial charge in [-0.15, -0.1) is 0 Å². The molecule has 0 saturated carbocycles. The third kappa shape index (κ3) is 16.5. The first kappa shape index (κ1) is 25.1. The number of hydrogen-bond acceptors (Lipinski definition) is 7. The zero-order valence-electron chi connectivity index (χ0n) is 8.85. The van der Waals surface area contributed by atoms with E-state index in [-0.39, 0.29) is 18.7 Å². The Balaban J connectivity index is -0.000000129.